The highest BCUT2D eigenvalue weighted by atomic mass is 79.9. The van der Waals surface area contributed by atoms with Gasteiger partial charge in [-0.05, 0) is 28.8 Å². The summed E-state index contributed by atoms with van der Waals surface area (Å²) in [6.07, 6.45) is 7.38. The van der Waals surface area contributed by atoms with Crippen molar-refractivity contribution in [2.24, 2.45) is 0 Å². The summed E-state index contributed by atoms with van der Waals surface area (Å²) >= 11 is 2.92. The Hall–Kier alpha value is -1.61. The minimum absolute atomic E-state index is 0.0760. The lowest BCUT2D eigenvalue weighted by molar-refractivity contribution is -0.384. The highest BCUT2D eigenvalue weighted by Crippen LogP contribution is 2.30. The molecule has 18 heavy (non-hydrogen) atoms. The third kappa shape index (κ3) is 4.00. The number of nitrogens with one attached hydrogen (secondary N) is 1. The molecule has 1 aromatic rings. The minimum Gasteiger partial charge on any atom is -0.379 e. The van der Waals surface area contributed by atoms with Crippen LogP contribution in [0.2, 0.25) is 0 Å². The van der Waals surface area contributed by atoms with Crippen molar-refractivity contribution in [1.29, 1.82) is 0 Å². The van der Waals surface area contributed by atoms with Crippen molar-refractivity contribution in [3.8, 4) is 12.3 Å². The smallest absolute Gasteiger partial charge is 0.293 e. The van der Waals surface area contributed by atoms with Crippen molar-refractivity contribution in [1.82, 2.24) is 0 Å². The maximum absolute atomic E-state index is 13.3. The van der Waals surface area contributed by atoms with E-state index in [0.717, 1.165) is 25.0 Å². The van der Waals surface area contributed by atoms with E-state index in [9.17, 15) is 14.5 Å². The van der Waals surface area contributed by atoms with Crippen LogP contribution in [-0.2, 0) is 0 Å². The number of hydrogen-bond acceptors (Lipinski definition) is 3. The lowest BCUT2D eigenvalue weighted by Crippen LogP contribution is -2.05. The van der Waals surface area contributed by atoms with Gasteiger partial charge in [0, 0.05) is 25.1 Å². The molecule has 1 rings (SSSR count). The van der Waals surface area contributed by atoms with Gasteiger partial charge in [0.2, 0.25) is 0 Å². The quantitative estimate of drug-likeness (QED) is 0.377. The molecule has 0 saturated carbocycles. The molecule has 1 N–H and O–H groups in total. The van der Waals surface area contributed by atoms with E-state index in [-0.39, 0.29) is 15.8 Å². The van der Waals surface area contributed by atoms with E-state index >= 15 is 0 Å². The fourth-order valence-electron chi connectivity index (χ4n) is 1.40. The van der Waals surface area contributed by atoms with E-state index in [1.165, 1.54) is 0 Å². The first kappa shape index (κ1) is 14.5. The second-order valence-electron chi connectivity index (χ2n) is 3.63. The molecule has 0 amide bonds. The molecule has 0 aliphatic heterocycles. The number of unbranched alkanes of at least 4 members (excludes halogenated alkanes) is 2. The molecule has 96 valence electrons. The van der Waals surface area contributed by atoms with Crippen LogP contribution in [0, 0.1) is 28.3 Å². The molecule has 0 atom stereocenters. The van der Waals surface area contributed by atoms with Gasteiger partial charge in [-0.25, -0.2) is 4.39 Å². The summed E-state index contributed by atoms with van der Waals surface area (Å²) in [5.41, 5.74) is 0.0293. The van der Waals surface area contributed by atoms with Crippen LogP contribution in [0.5, 0.6) is 0 Å². The maximum atomic E-state index is 13.3. The van der Waals surface area contributed by atoms with E-state index in [0.29, 0.717) is 13.0 Å². The van der Waals surface area contributed by atoms with Gasteiger partial charge >= 0.3 is 0 Å². The Morgan fingerprint density at radius 2 is 2.22 bits per heavy atom. The van der Waals surface area contributed by atoms with E-state index in [2.05, 4.69) is 27.2 Å². The number of nitrogens with zero attached hydrogens (tertiary/aromatic N) is 1. The highest BCUT2D eigenvalue weighted by molar-refractivity contribution is 9.10. The molecule has 6 heteroatoms. The Bertz CT molecular complexity index is 486. The molecular weight excluding hydrogens is 303 g/mol. The predicted molar refractivity (Wildman–Crippen MR) is 71.9 cm³/mol. The van der Waals surface area contributed by atoms with Crippen molar-refractivity contribution in [2.45, 2.75) is 19.3 Å². The average molecular weight is 315 g/mol. The number of rotatable bonds is 6. The van der Waals surface area contributed by atoms with Crippen LogP contribution < -0.4 is 5.32 Å². The second-order valence-corrected chi connectivity index (χ2v) is 4.48. The van der Waals surface area contributed by atoms with Gasteiger partial charge in [-0.15, -0.1) is 12.3 Å². The molecule has 0 radical (unpaired) electrons. The minimum atomic E-state index is -0.548. The highest BCUT2D eigenvalue weighted by Gasteiger charge is 2.16. The summed E-state index contributed by atoms with van der Waals surface area (Å²) < 4.78 is 13.4. The molecule has 0 aliphatic carbocycles. The predicted octanol–water partition coefficient (Wildman–Crippen LogP) is 3.71. The SMILES string of the molecule is C#CCCCCNc1cc(F)c(Br)cc1[N+](=O)[O-]. The number of terminal acetylenes is 1. The zero-order valence-electron chi connectivity index (χ0n) is 9.58. The third-order valence-electron chi connectivity index (χ3n) is 2.30. The van der Waals surface area contributed by atoms with Crippen LogP contribution in [0.15, 0.2) is 16.6 Å². The monoisotopic (exact) mass is 314 g/mol. The Balaban J connectivity index is 2.72. The molecule has 0 saturated heterocycles. The number of benzene rings is 1. The van der Waals surface area contributed by atoms with E-state index in [4.69, 9.17) is 6.42 Å². The second kappa shape index (κ2) is 6.97. The summed E-state index contributed by atoms with van der Waals surface area (Å²) in [6, 6.07) is 2.27. The summed E-state index contributed by atoms with van der Waals surface area (Å²) in [7, 11) is 0. The number of hydrogen-bond donors (Lipinski definition) is 1. The van der Waals surface area contributed by atoms with Crippen LogP contribution in [0.1, 0.15) is 19.3 Å². The van der Waals surface area contributed by atoms with Gasteiger partial charge in [-0.2, -0.15) is 0 Å². The molecule has 0 unspecified atom stereocenters. The number of nitro benzene ring substituents is 1. The molecule has 0 bridgehead atoms. The zero-order valence-corrected chi connectivity index (χ0v) is 11.2. The lowest BCUT2D eigenvalue weighted by atomic mass is 10.2. The number of anilines is 1. The van der Waals surface area contributed by atoms with Crippen molar-refractivity contribution >= 4 is 27.3 Å². The summed E-state index contributed by atoms with van der Waals surface area (Å²) in [4.78, 5) is 10.3. The van der Waals surface area contributed by atoms with Gasteiger partial charge < -0.3 is 5.32 Å². The van der Waals surface area contributed by atoms with Gasteiger partial charge in [-0.3, -0.25) is 10.1 Å². The van der Waals surface area contributed by atoms with Gasteiger partial charge in [0.15, 0.2) is 0 Å². The van der Waals surface area contributed by atoms with Crippen LogP contribution in [0.25, 0.3) is 0 Å². The molecule has 0 aliphatic rings. The fraction of sp³-hybridized carbons (Fsp3) is 0.333. The van der Waals surface area contributed by atoms with Crippen LogP contribution >= 0.6 is 15.9 Å². The largest absolute Gasteiger partial charge is 0.379 e. The fourth-order valence-corrected chi connectivity index (χ4v) is 1.74. The summed E-state index contributed by atoms with van der Waals surface area (Å²) in [6.45, 7) is 0.517. The molecule has 0 heterocycles. The first-order valence-corrected chi connectivity index (χ1v) is 6.16. The first-order chi connectivity index (χ1) is 8.56. The lowest BCUT2D eigenvalue weighted by Gasteiger charge is -2.07. The normalized spacial score (nSPS) is 9.83. The van der Waals surface area contributed by atoms with Crippen LogP contribution in [0.3, 0.4) is 0 Å². The van der Waals surface area contributed by atoms with E-state index in [1.807, 2.05) is 0 Å². The topological polar surface area (TPSA) is 55.2 Å². The van der Waals surface area contributed by atoms with Gasteiger partial charge in [0.1, 0.15) is 11.5 Å². The Morgan fingerprint density at radius 1 is 1.50 bits per heavy atom. The zero-order chi connectivity index (χ0) is 13.5. The first-order valence-electron chi connectivity index (χ1n) is 5.37. The average Bonchev–Trinajstić information content (AvgIpc) is 2.32. The van der Waals surface area contributed by atoms with Crippen LogP contribution in [0.4, 0.5) is 15.8 Å². The maximum Gasteiger partial charge on any atom is 0.293 e. The summed E-state index contributed by atoms with van der Waals surface area (Å²) in [5, 5.41) is 13.7. The Morgan fingerprint density at radius 3 is 2.83 bits per heavy atom. The number of nitro groups is 1. The summed E-state index contributed by atoms with van der Waals surface area (Å²) in [5.74, 6) is 1.97. The standard InChI is InChI=1S/C12H12BrFN2O2/c1-2-3-4-5-6-15-11-8-10(14)9(13)7-12(11)16(17)18/h1,7-8,15H,3-6H2. The van der Waals surface area contributed by atoms with Crippen LogP contribution in [-0.4, -0.2) is 11.5 Å². The van der Waals surface area contributed by atoms with E-state index in [1.54, 1.807) is 0 Å². The molecule has 0 aromatic heterocycles. The molecular formula is C12H12BrFN2O2. The van der Waals surface area contributed by atoms with Crippen molar-refractivity contribution in [3.05, 3.63) is 32.5 Å². The molecule has 4 nitrogen and oxygen atoms in total. The van der Waals surface area contributed by atoms with Gasteiger partial charge in [0.05, 0.1) is 9.40 Å². The third-order valence-corrected chi connectivity index (χ3v) is 2.91. The molecule has 0 spiro atoms. The van der Waals surface area contributed by atoms with Crippen molar-refractivity contribution in [3.63, 3.8) is 0 Å². The van der Waals surface area contributed by atoms with E-state index < -0.39 is 10.7 Å². The Kier molecular flexibility index (Phi) is 5.59. The molecule has 1 aromatic carbocycles. The number of halogens is 2. The van der Waals surface area contributed by atoms with Crippen molar-refractivity contribution < 1.29 is 9.31 Å². The molecule has 0 fully saturated rings. The van der Waals surface area contributed by atoms with Gasteiger partial charge in [0.25, 0.3) is 5.69 Å². The Labute approximate surface area is 113 Å². The van der Waals surface area contributed by atoms with Crippen molar-refractivity contribution in [2.75, 3.05) is 11.9 Å². The van der Waals surface area contributed by atoms with Gasteiger partial charge in [-0.1, -0.05) is 0 Å².